The molecule has 36 heavy (non-hydrogen) atoms. The van der Waals surface area contributed by atoms with E-state index >= 15 is 0 Å². The van der Waals surface area contributed by atoms with Crippen molar-refractivity contribution in [1.82, 2.24) is 15.3 Å². The van der Waals surface area contributed by atoms with E-state index in [1.807, 2.05) is 0 Å². The molecule has 0 bridgehead atoms. The highest BCUT2D eigenvalue weighted by Gasteiger charge is 2.29. The smallest absolute Gasteiger partial charge is 0.333 e. The number of hydrogen-bond donors (Lipinski definition) is 3. The number of ether oxygens (including phenoxy) is 1. The van der Waals surface area contributed by atoms with Gasteiger partial charge in [0, 0.05) is 36.3 Å². The Morgan fingerprint density at radius 1 is 1.31 bits per heavy atom. The zero-order valence-corrected chi connectivity index (χ0v) is 21.7. The Morgan fingerprint density at radius 3 is 3.00 bits per heavy atom. The van der Waals surface area contributed by atoms with Crippen molar-refractivity contribution in [1.29, 1.82) is 0 Å². The van der Waals surface area contributed by atoms with Crippen molar-refractivity contribution < 1.29 is 17.3 Å². The van der Waals surface area contributed by atoms with Crippen LogP contribution in [0, 0.1) is 5.92 Å². The first-order valence-corrected chi connectivity index (χ1v) is 14.4. The van der Waals surface area contributed by atoms with Gasteiger partial charge in [-0.15, -0.1) is 11.3 Å². The molecule has 11 heteroatoms. The Kier molecular flexibility index (Phi) is 7.65. The van der Waals surface area contributed by atoms with E-state index in [-0.39, 0.29) is 30.7 Å². The van der Waals surface area contributed by atoms with Crippen molar-refractivity contribution in [2.45, 2.75) is 43.9 Å². The molecule has 0 amide bonds. The summed E-state index contributed by atoms with van der Waals surface area (Å²) in [4.78, 5) is 9.87. The first kappa shape index (κ1) is 25.2. The van der Waals surface area contributed by atoms with Gasteiger partial charge in [0.15, 0.2) is 0 Å². The minimum Gasteiger partial charge on any atom is -0.371 e. The third-order valence-corrected chi connectivity index (χ3v) is 8.41. The van der Waals surface area contributed by atoms with Gasteiger partial charge in [-0.05, 0) is 59.7 Å². The molecule has 192 valence electrons. The van der Waals surface area contributed by atoms with E-state index in [0.29, 0.717) is 0 Å². The lowest BCUT2D eigenvalue weighted by molar-refractivity contribution is 0.139. The summed E-state index contributed by atoms with van der Waals surface area (Å²) in [6.45, 7) is 1.05. The quantitative estimate of drug-likeness (QED) is 0.385. The van der Waals surface area contributed by atoms with Crippen LogP contribution in [-0.2, 0) is 25.6 Å². The second kappa shape index (κ2) is 10.9. The lowest BCUT2D eigenvalue weighted by Gasteiger charge is -2.26. The predicted octanol–water partition coefficient (Wildman–Crippen LogP) is 3.31. The lowest BCUT2D eigenvalue weighted by Crippen LogP contribution is -2.30. The number of nitrogens with zero attached hydrogens (tertiary/aromatic N) is 2. The first-order valence-electron chi connectivity index (χ1n) is 12.1. The second-order valence-electron chi connectivity index (χ2n) is 9.36. The van der Waals surface area contributed by atoms with Crippen molar-refractivity contribution in [3.05, 3.63) is 75.4 Å². The summed E-state index contributed by atoms with van der Waals surface area (Å²) >= 11 is 1.67. The maximum Gasteiger partial charge on any atom is 0.333 e. The molecule has 0 saturated heterocycles. The van der Waals surface area contributed by atoms with E-state index in [9.17, 15) is 8.42 Å². The van der Waals surface area contributed by atoms with Crippen LogP contribution >= 0.6 is 11.3 Å². The molecule has 1 saturated carbocycles. The number of rotatable bonds is 9. The van der Waals surface area contributed by atoms with Gasteiger partial charge < -0.3 is 15.4 Å². The molecule has 1 aliphatic heterocycles. The van der Waals surface area contributed by atoms with E-state index in [0.717, 1.165) is 48.5 Å². The van der Waals surface area contributed by atoms with Crippen molar-refractivity contribution in [3.8, 4) is 0 Å². The van der Waals surface area contributed by atoms with Gasteiger partial charge in [0.25, 0.3) is 0 Å². The molecule has 0 radical (unpaired) electrons. The maximum absolute atomic E-state index is 11.1. The van der Waals surface area contributed by atoms with E-state index in [4.69, 9.17) is 14.1 Å². The Morgan fingerprint density at radius 2 is 2.17 bits per heavy atom. The first-order chi connectivity index (χ1) is 17.4. The highest BCUT2D eigenvalue weighted by molar-refractivity contribution is 7.84. The zero-order chi connectivity index (χ0) is 25.1. The number of nitrogens with one attached hydrogen (secondary N) is 2. The fraction of sp³-hybridized carbons (Fsp3) is 0.440. The van der Waals surface area contributed by atoms with Crippen molar-refractivity contribution in [3.63, 3.8) is 0 Å². The van der Waals surface area contributed by atoms with E-state index < -0.39 is 10.3 Å². The molecule has 5 rings (SSSR count). The molecule has 1 aromatic carbocycles. The highest BCUT2D eigenvalue weighted by atomic mass is 32.2. The molecule has 2 unspecified atom stereocenters. The molecule has 4 N–H and O–H groups in total. The van der Waals surface area contributed by atoms with E-state index in [2.05, 4.69) is 56.3 Å². The zero-order valence-electron chi connectivity index (χ0n) is 20.1. The van der Waals surface area contributed by atoms with Gasteiger partial charge in [-0.1, -0.05) is 24.3 Å². The topological polar surface area (TPSA) is 128 Å². The third-order valence-electron chi connectivity index (χ3n) is 6.95. The Labute approximate surface area is 215 Å². The fourth-order valence-electron chi connectivity index (χ4n) is 5.25. The molecule has 2 aliphatic rings. The van der Waals surface area contributed by atoms with Crippen molar-refractivity contribution in [2.24, 2.45) is 11.1 Å². The average molecular weight is 530 g/mol. The molecular weight excluding hydrogens is 498 g/mol. The van der Waals surface area contributed by atoms with Gasteiger partial charge in [0.2, 0.25) is 0 Å². The van der Waals surface area contributed by atoms with Crippen LogP contribution in [0.1, 0.15) is 58.5 Å². The second-order valence-corrected chi connectivity index (χ2v) is 11.5. The number of thiophene rings is 1. The van der Waals surface area contributed by atoms with Crippen LogP contribution in [-0.4, -0.2) is 44.7 Å². The monoisotopic (exact) mass is 529 g/mol. The summed E-state index contributed by atoms with van der Waals surface area (Å²) in [5.41, 5.74) is 4.82. The minimum atomic E-state index is -3.92. The van der Waals surface area contributed by atoms with E-state index in [1.165, 1.54) is 23.0 Å². The molecule has 0 spiro atoms. The summed E-state index contributed by atoms with van der Waals surface area (Å²) in [6.07, 6.45) is 6.56. The Balaban J connectivity index is 1.32. The molecule has 2 aromatic heterocycles. The number of fused-ring (bicyclic) bond motifs is 1. The van der Waals surface area contributed by atoms with Crippen LogP contribution in [0.2, 0.25) is 0 Å². The van der Waals surface area contributed by atoms with Gasteiger partial charge in [-0.25, -0.2) is 15.1 Å². The van der Waals surface area contributed by atoms with E-state index in [1.54, 1.807) is 24.6 Å². The summed E-state index contributed by atoms with van der Waals surface area (Å²) in [5, 5.41) is 14.4. The third kappa shape index (κ3) is 5.77. The van der Waals surface area contributed by atoms with Crippen LogP contribution in [0.5, 0.6) is 0 Å². The van der Waals surface area contributed by atoms with Gasteiger partial charge in [0.1, 0.15) is 18.2 Å². The molecule has 1 aliphatic carbocycles. The Hall–Kier alpha value is -2.41. The SMILES string of the molecule is COC(c1cc(C2NCCc3ccccc32)cs1)c1cncnc1N[C@H]1CC[C@@H](COS(N)(=O)=O)C1. The van der Waals surface area contributed by atoms with Gasteiger partial charge in [-0.3, -0.25) is 4.18 Å². The summed E-state index contributed by atoms with van der Waals surface area (Å²) < 4.78 is 33.0. The lowest BCUT2D eigenvalue weighted by atomic mass is 9.91. The fourth-order valence-corrected chi connectivity index (χ4v) is 6.66. The standard InChI is InChI=1S/C25H31N5O4S2/c1-33-24(22-11-18(14-35-22)23-20-5-3-2-4-17(20)8-9-28-23)21-12-27-15-29-25(21)30-19-7-6-16(10-19)13-34-36(26,31)32/h2-5,11-12,14-16,19,23-24,28H,6-10,13H2,1H3,(H2,26,31,32)(H,27,29,30)/t16-,19+,23?,24?/m1/s1. The largest absolute Gasteiger partial charge is 0.371 e. The van der Waals surface area contributed by atoms with Gasteiger partial charge in [-0.2, -0.15) is 8.42 Å². The Bertz CT molecular complexity index is 1300. The molecule has 1 fully saturated rings. The van der Waals surface area contributed by atoms with Crippen LogP contribution in [0.25, 0.3) is 0 Å². The minimum absolute atomic E-state index is 0.102. The maximum atomic E-state index is 11.1. The highest BCUT2D eigenvalue weighted by Crippen LogP contribution is 2.38. The van der Waals surface area contributed by atoms with Crippen molar-refractivity contribution in [2.75, 3.05) is 25.6 Å². The molecule has 4 atom stereocenters. The number of methoxy groups -OCH3 is 1. The number of nitrogens with two attached hydrogens (primary N) is 1. The van der Waals surface area contributed by atoms with Crippen LogP contribution < -0.4 is 15.8 Å². The normalized spacial score (nSPS) is 22.8. The molecule has 3 aromatic rings. The molecule has 3 heterocycles. The summed E-state index contributed by atoms with van der Waals surface area (Å²) in [6, 6.07) is 11.1. The molecule has 9 nitrogen and oxygen atoms in total. The van der Waals surface area contributed by atoms with Crippen LogP contribution in [0.4, 0.5) is 5.82 Å². The van der Waals surface area contributed by atoms with Crippen LogP contribution in [0.15, 0.2) is 48.2 Å². The summed E-state index contributed by atoms with van der Waals surface area (Å²) in [7, 11) is -2.22. The number of benzene rings is 1. The van der Waals surface area contributed by atoms with Gasteiger partial charge in [0.05, 0.1) is 12.6 Å². The number of hydrogen-bond acceptors (Lipinski definition) is 9. The predicted molar refractivity (Wildman–Crippen MR) is 139 cm³/mol. The number of anilines is 1. The summed E-state index contributed by atoms with van der Waals surface area (Å²) in [5.74, 6) is 0.848. The van der Waals surface area contributed by atoms with Crippen LogP contribution in [0.3, 0.4) is 0 Å². The van der Waals surface area contributed by atoms with Crippen molar-refractivity contribution >= 4 is 27.5 Å². The number of aromatic nitrogens is 2. The average Bonchev–Trinajstić information content (AvgIpc) is 3.54. The van der Waals surface area contributed by atoms with Gasteiger partial charge >= 0.3 is 10.3 Å². The molecular formula is C25H31N5O4S2.